The number of ether oxygens (including phenoxy) is 1. The maximum atomic E-state index is 12.9. The van der Waals surface area contributed by atoms with E-state index in [2.05, 4.69) is 4.72 Å². The van der Waals surface area contributed by atoms with Crippen LogP contribution in [0.1, 0.15) is 18.5 Å². The van der Waals surface area contributed by atoms with Crippen LogP contribution in [0.4, 0.5) is 4.39 Å². The Hall–Kier alpha value is -1.63. The number of hydrogen-bond donors (Lipinski definition) is 1. The molecule has 2 aromatic rings. The molecule has 22 heavy (non-hydrogen) atoms. The van der Waals surface area contributed by atoms with Crippen LogP contribution in [0.15, 0.2) is 47.4 Å². The minimum atomic E-state index is -3.75. The molecule has 0 radical (unpaired) electrons. The van der Waals surface area contributed by atoms with Gasteiger partial charge in [-0.3, -0.25) is 0 Å². The van der Waals surface area contributed by atoms with E-state index < -0.39 is 16.1 Å². The van der Waals surface area contributed by atoms with Crippen LogP contribution in [-0.4, -0.2) is 15.5 Å². The van der Waals surface area contributed by atoms with Gasteiger partial charge in [-0.2, -0.15) is 0 Å². The minimum Gasteiger partial charge on any atom is -0.495 e. The number of halogens is 2. The second kappa shape index (κ2) is 6.64. The van der Waals surface area contributed by atoms with E-state index in [9.17, 15) is 12.8 Å². The number of sulfonamides is 1. The third-order valence-corrected chi connectivity index (χ3v) is 4.97. The molecule has 0 aliphatic carbocycles. The van der Waals surface area contributed by atoms with Gasteiger partial charge in [0.05, 0.1) is 17.0 Å². The average Bonchev–Trinajstić information content (AvgIpc) is 2.47. The van der Waals surface area contributed by atoms with Crippen molar-refractivity contribution < 1.29 is 17.5 Å². The lowest BCUT2D eigenvalue weighted by atomic mass is 10.1. The summed E-state index contributed by atoms with van der Waals surface area (Å²) in [5.74, 6) is 0.0212. The van der Waals surface area contributed by atoms with E-state index in [1.807, 2.05) is 0 Å². The second-order valence-corrected chi connectivity index (χ2v) is 6.81. The van der Waals surface area contributed by atoms with Crippen LogP contribution in [0, 0.1) is 5.82 Å². The molecule has 0 bridgehead atoms. The van der Waals surface area contributed by atoms with Crippen LogP contribution in [0.5, 0.6) is 5.75 Å². The summed E-state index contributed by atoms with van der Waals surface area (Å²) in [5, 5.41) is 0.208. The Labute approximate surface area is 133 Å². The van der Waals surface area contributed by atoms with Crippen molar-refractivity contribution in [1.29, 1.82) is 0 Å². The van der Waals surface area contributed by atoms with Crippen LogP contribution in [0.25, 0.3) is 0 Å². The summed E-state index contributed by atoms with van der Waals surface area (Å²) in [6.45, 7) is 1.68. The molecule has 0 fully saturated rings. The molecule has 1 N–H and O–H groups in total. The van der Waals surface area contributed by atoms with Gasteiger partial charge in [0.2, 0.25) is 10.0 Å². The summed E-state index contributed by atoms with van der Waals surface area (Å²) in [7, 11) is -2.30. The lowest BCUT2D eigenvalue weighted by Gasteiger charge is -2.15. The van der Waals surface area contributed by atoms with Gasteiger partial charge in [-0.1, -0.05) is 23.7 Å². The molecule has 7 heteroatoms. The third-order valence-electron chi connectivity index (χ3n) is 3.14. The van der Waals surface area contributed by atoms with Gasteiger partial charge in [0.15, 0.2) is 0 Å². The molecule has 0 unspecified atom stereocenters. The standard InChI is InChI=1S/C15H15ClFNO3S/c1-10(11-3-5-12(17)6-4-11)18-22(19,20)13-7-8-15(21-2)14(16)9-13/h3-10,18H,1-2H3/t10-/m1/s1. The molecule has 0 heterocycles. The highest BCUT2D eigenvalue weighted by Gasteiger charge is 2.19. The molecule has 0 spiro atoms. The topological polar surface area (TPSA) is 55.4 Å². The van der Waals surface area contributed by atoms with Gasteiger partial charge in [0.25, 0.3) is 0 Å². The van der Waals surface area contributed by atoms with Crippen LogP contribution < -0.4 is 9.46 Å². The maximum absolute atomic E-state index is 12.9. The zero-order valence-corrected chi connectivity index (χ0v) is 13.6. The molecule has 0 aliphatic heterocycles. The van der Waals surface area contributed by atoms with E-state index in [0.717, 1.165) is 0 Å². The summed E-state index contributed by atoms with van der Waals surface area (Å²) in [5.41, 5.74) is 0.657. The summed E-state index contributed by atoms with van der Waals surface area (Å²) in [6.07, 6.45) is 0. The Kier molecular flexibility index (Phi) is 5.05. The number of nitrogens with one attached hydrogen (secondary N) is 1. The first-order valence-corrected chi connectivity index (χ1v) is 8.31. The monoisotopic (exact) mass is 343 g/mol. The van der Waals surface area contributed by atoms with Gasteiger partial charge in [-0.15, -0.1) is 0 Å². The molecule has 1 atom stereocenters. The van der Waals surface area contributed by atoms with Crippen molar-refractivity contribution >= 4 is 21.6 Å². The van der Waals surface area contributed by atoms with E-state index in [1.165, 1.54) is 49.6 Å². The quantitative estimate of drug-likeness (QED) is 0.903. The largest absolute Gasteiger partial charge is 0.495 e. The van der Waals surface area contributed by atoms with E-state index >= 15 is 0 Å². The van der Waals surface area contributed by atoms with E-state index in [4.69, 9.17) is 16.3 Å². The molecule has 0 aromatic heterocycles. The number of hydrogen-bond acceptors (Lipinski definition) is 3. The first-order chi connectivity index (χ1) is 10.3. The van der Waals surface area contributed by atoms with Crippen molar-refractivity contribution in [3.05, 3.63) is 58.9 Å². The number of methoxy groups -OCH3 is 1. The van der Waals surface area contributed by atoms with Gasteiger partial charge >= 0.3 is 0 Å². The average molecular weight is 344 g/mol. The summed E-state index contributed by atoms with van der Waals surface area (Å²) >= 11 is 5.95. The molecular weight excluding hydrogens is 329 g/mol. The fraction of sp³-hybridized carbons (Fsp3) is 0.200. The Morgan fingerprint density at radius 1 is 1.18 bits per heavy atom. The van der Waals surface area contributed by atoms with Crippen LogP contribution in [-0.2, 0) is 10.0 Å². The summed E-state index contributed by atoms with van der Waals surface area (Å²) in [4.78, 5) is 0.0345. The molecule has 2 aromatic carbocycles. The molecule has 2 rings (SSSR count). The summed E-state index contributed by atoms with van der Waals surface area (Å²) in [6, 6.07) is 9.33. The molecule has 0 saturated carbocycles. The Morgan fingerprint density at radius 2 is 1.82 bits per heavy atom. The van der Waals surface area contributed by atoms with Gasteiger partial charge in [0.1, 0.15) is 11.6 Å². The van der Waals surface area contributed by atoms with Crippen molar-refractivity contribution in [3.8, 4) is 5.75 Å². The van der Waals surface area contributed by atoms with Gasteiger partial charge in [-0.25, -0.2) is 17.5 Å². The van der Waals surface area contributed by atoms with E-state index in [1.54, 1.807) is 6.92 Å². The highest BCUT2D eigenvalue weighted by molar-refractivity contribution is 7.89. The Bertz CT molecular complexity index is 763. The van der Waals surface area contributed by atoms with Crippen LogP contribution >= 0.6 is 11.6 Å². The van der Waals surface area contributed by atoms with Gasteiger partial charge in [-0.05, 0) is 42.8 Å². The highest BCUT2D eigenvalue weighted by atomic mass is 35.5. The number of rotatable bonds is 5. The Balaban J connectivity index is 2.23. The third kappa shape index (κ3) is 3.76. The molecular formula is C15H15ClFNO3S. The normalized spacial score (nSPS) is 12.9. The molecule has 4 nitrogen and oxygen atoms in total. The van der Waals surface area contributed by atoms with Crippen molar-refractivity contribution in [2.75, 3.05) is 7.11 Å². The maximum Gasteiger partial charge on any atom is 0.241 e. The number of benzene rings is 2. The van der Waals surface area contributed by atoms with Crippen molar-refractivity contribution in [2.24, 2.45) is 0 Å². The first-order valence-electron chi connectivity index (χ1n) is 6.45. The SMILES string of the molecule is COc1ccc(S(=O)(=O)N[C@H](C)c2ccc(F)cc2)cc1Cl. The lowest BCUT2D eigenvalue weighted by molar-refractivity contribution is 0.414. The van der Waals surface area contributed by atoms with Crippen molar-refractivity contribution in [1.82, 2.24) is 4.72 Å². The smallest absolute Gasteiger partial charge is 0.241 e. The molecule has 0 aliphatic rings. The lowest BCUT2D eigenvalue weighted by Crippen LogP contribution is -2.26. The zero-order chi connectivity index (χ0) is 16.3. The molecule has 0 saturated heterocycles. The predicted molar refractivity (Wildman–Crippen MR) is 83.1 cm³/mol. The molecule has 0 amide bonds. The molecule has 118 valence electrons. The van der Waals surface area contributed by atoms with Crippen molar-refractivity contribution in [2.45, 2.75) is 17.9 Å². The second-order valence-electron chi connectivity index (χ2n) is 4.69. The minimum absolute atomic E-state index is 0.0345. The van der Waals surface area contributed by atoms with Crippen LogP contribution in [0.3, 0.4) is 0 Å². The fourth-order valence-corrected chi connectivity index (χ4v) is 3.51. The highest BCUT2D eigenvalue weighted by Crippen LogP contribution is 2.27. The van der Waals surface area contributed by atoms with Crippen molar-refractivity contribution in [3.63, 3.8) is 0 Å². The summed E-state index contributed by atoms with van der Waals surface area (Å²) < 4.78 is 45.1. The zero-order valence-electron chi connectivity index (χ0n) is 12.0. The predicted octanol–water partition coefficient (Wildman–Crippen LogP) is 3.53. The Morgan fingerprint density at radius 3 is 2.36 bits per heavy atom. The van der Waals surface area contributed by atoms with Gasteiger partial charge < -0.3 is 4.74 Å². The van der Waals surface area contributed by atoms with E-state index in [-0.39, 0.29) is 15.7 Å². The first kappa shape index (κ1) is 16.7. The van der Waals surface area contributed by atoms with Gasteiger partial charge in [0, 0.05) is 6.04 Å². The van der Waals surface area contributed by atoms with E-state index in [0.29, 0.717) is 11.3 Å². The van der Waals surface area contributed by atoms with Crippen LogP contribution in [0.2, 0.25) is 5.02 Å². The fourth-order valence-electron chi connectivity index (χ4n) is 1.93.